The molecule has 0 aromatic rings. The zero-order valence-corrected chi connectivity index (χ0v) is 13.5. The van der Waals surface area contributed by atoms with E-state index < -0.39 is 11.9 Å². The van der Waals surface area contributed by atoms with Crippen molar-refractivity contribution in [3.05, 3.63) is 0 Å². The number of hydrogen-bond donors (Lipinski definition) is 2. The number of carboxylic acids is 2. The van der Waals surface area contributed by atoms with Gasteiger partial charge in [0, 0.05) is 13.5 Å². The molecule has 0 saturated carbocycles. The normalized spacial score (nSPS) is 9.73. The molecule has 0 radical (unpaired) electrons. The molecule has 6 heteroatoms. The molecule has 2 N–H and O–H groups in total. The van der Waals surface area contributed by atoms with Crippen molar-refractivity contribution in [2.24, 2.45) is 4.99 Å². The van der Waals surface area contributed by atoms with Crippen molar-refractivity contribution in [3.8, 4) is 0 Å². The standard InChI is InChI=1S/C14H27NO2.C2H4O2.Na.H/c1-2-3-4-5-6-7-8-9-10-11-12-15-13-14(16)17;1-2(3)4;;/h13H,2-12H2,1H3,(H,16,17);1H3,(H,3,4);;. The van der Waals surface area contributed by atoms with E-state index in [0.29, 0.717) is 6.54 Å². The summed E-state index contributed by atoms with van der Waals surface area (Å²) in [6.45, 7) is 3.98. The molecule has 0 heterocycles. The first kappa shape index (κ1) is 26.5. The Hall–Kier alpha value is -0.390. The van der Waals surface area contributed by atoms with Gasteiger partial charge in [-0.05, 0) is 6.42 Å². The molecule has 0 bridgehead atoms. The van der Waals surface area contributed by atoms with Crippen molar-refractivity contribution in [1.82, 2.24) is 0 Å². The van der Waals surface area contributed by atoms with Crippen molar-refractivity contribution < 1.29 is 19.8 Å². The summed E-state index contributed by atoms with van der Waals surface area (Å²) >= 11 is 0. The van der Waals surface area contributed by atoms with Gasteiger partial charge in [0.1, 0.15) is 6.21 Å². The van der Waals surface area contributed by atoms with E-state index in [2.05, 4.69) is 11.9 Å². The summed E-state index contributed by atoms with van der Waals surface area (Å²) < 4.78 is 0. The molecule has 0 rings (SSSR count). The van der Waals surface area contributed by atoms with Crippen LogP contribution in [-0.4, -0.2) is 64.5 Å². The Morgan fingerprint density at radius 2 is 1.23 bits per heavy atom. The van der Waals surface area contributed by atoms with Gasteiger partial charge < -0.3 is 10.2 Å². The number of carboxylic acid groups (broad SMARTS) is 2. The molecule has 0 aliphatic heterocycles. The van der Waals surface area contributed by atoms with Crippen LogP contribution in [0, 0.1) is 0 Å². The van der Waals surface area contributed by atoms with Crippen molar-refractivity contribution in [2.75, 3.05) is 6.54 Å². The van der Waals surface area contributed by atoms with E-state index in [1.54, 1.807) is 0 Å². The molecule has 5 nitrogen and oxygen atoms in total. The Morgan fingerprint density at radius 1 is 0.864 bits per heavy atom. The second kappa shape index (κ2) is 22.9. The Labute approximate surface area is 156 Å². The Bertz CT molecular complexity index is 279. The molecule has 126 valence electrons. The van der Waals surface area contributed by atoms with Gasteiger partial charge in [0.05, 0.1) is 0 Å². The van der Waals surface area contributed by atoms with Crippen LogP contribution in [0.4, 0.5) is 0 Å². The fourth-order valence-corrected chi connectivity index (χ4v) is 1.83. The van der Waals surface area contributed by atoms with E-state index in [9.17, 15) is 4.79 Å². The molecule has 0 saturated heterocycles. The zero-order valence-electron chi connectivity index (χ0n) is 13.5. The van der Waals surface area contributed by atoms with Crippen LogP contribution in [0.3, 0.4) is 0 Å². The van der Waals surface area contributed by atoms with Crippen LogP contribution in [0.1, 0.15) is 78.1 Å². The van der Waals surface area contributed by atoms with E-state index in [1.807, 2.05) is 0 Å². The van der Waals surface area contributed by atoms with Gasteiger partial charge in [-0.1, -0.05) is 64.7 Å². The molecular formula is C16H32NNaO4. The van der Waals surface area contributed by atoms with Crippen molar-refractivity contribution in [3.63, 3.8) is 0 Å². The summed E-state index contributed by atoms with van der Waals surface area (Å²) in [4.78, 5) is 22.9. The predicted molar refractivity (Wildman–Crippen MR) is 93.3 cm³/mol. The maximum atomic E-state index is 10.1. The van der Waals surface area contributed by atoms with Gasteiger partial charge in [-0.3, -0.25) is 9.79 Å². The molecule has 22 heavy (non-hydrogen) atoms. The van der Waals surface area contributed by atoms with Crippen LogP contribution >= 0.6 is 0 Å². The second-order valence-corrected chi connectivity index (χ2v) is 5.07. The monoisotopic (exact) mass is 325 g/mol. The van der Waals surface area contributed by atoms with Crippen LogP contribution in [0.25, 0.3) is 0 Å². The summed E-state index contributed by atoms with van der Waals surface area (Å²) in [5, 5.41) is 15.7. The Kier molecular flexibility index (Phi) is 27.6. The van der Waals surface area contributed by atoms with Gasteiger partial charge in [-0.15, -0.1) is 0 Å². The first-order chi connectivity index (χ1) is 10.0. The van der Waals surface area contributed by atoms with Crippen LogP contribution in [0.5, 0.6) is 0 Å². The van der Waals surface area contributed by atoms with Crippen LogP contribution in [-0.2, 0) is 9.59 Å². The van der Waals surface area contributed by atoms with Crippen molar-refractivity contribution in [1.29, 1.82) is 0 Å². The number of aliphatic carboxylic acids is 2. The van der Waals surface area contributed by atoms with E-state index >= 15 is 0 Å². The molecule has 0 amide bonds. The van der Waals surface area contributed by atoms with Crippen molar-refractivity contribution >= 4 is 47.7 Å². The van der Waals surface area contributed by atoms with E-state index in [4.69, 9.17) is 15.0 Å². The molecule has 0 atom stereocenters. The Morgan fingerprint density at radius 3 is 1.59 bits per heavy atom. The minimum absolute atomic E-state index is 0. The molecule has 0 unspecified atom stereocenters. The first-order valence-corrected chi connectivity index (χ1v) is 7.93. The van der Waals surface area contributed by atoms with Gasteiger partial charge in [-0.25, -0.2) is 4.79 Å². The summed E-state index contributed by atoms with van der Waals surface area (Å²) in [5.74, 6) is -1.78. The van der Waals surface area contributed by atoms with Crippen LogP contribution in [0.2, 0.25) is 0 Å². The number of aliphatic imine (C=N–C) groups is 1. The minimum atomic E-state index is -0.947. The summed E-state index contributed by atoms with van der Waals surface area (Å²) in [6.07, 6.45) is 13.9. The average molecular weight is 325 g/mol. The third-order valence-electron chi connectivity index (χ3n) is 2.84. The molecule has 0 aliphatic carbocycles. The SMILES string of the molecule is CC(=O)O.CCCCCCCCCCCCN=CC(=O)O.[NaH]. The van der Waals surface area contributed by atoms with E-state index in [-0.39, 0.29) is 29.6 Å². The molecule has 0 aliphatic rings. The summed E-state index contributed by atoms with van der Waals surface area (Å²) in [6, 6.07) is 0. The average Bonchev–Trinajstić information content (AvgIpc) is 2.39. The maximum absolute atomic E-state index is 10.1. The Balaban J connectivity index is -0.000000640. The molecular weight excluding hydrogens is 293 g/mol. The third kappa shape index (κ3) is 36.7. The van der Waals surface area contributed by atoms with Crippen molar-refractivity contribution in [2.45, 2.75) is 78.1 Å². The van der Waals surface area contributed by atoms with Gasteiger partial charge in [0.25, 0.3) is 5.97 Å². The molecule has 0 fully saturated rings. The zero-order chi connectivity index (χ0) is 16.3. The van der Waals surface area contributed by atoms with Crippen LogP contribution in [0.15, 0.2) is 4.99 Å². The number of hydrogen-bond acceptors (Lipinski definition) is 3. The molecule has 0 aromatic heterocycles. The number of nitrogens with zero attached hydrogens (tertiary/aromatic N) is 1. The van der Waals surface area contributed by atoms with Gasteiger partial charge in [-0.2, -0.15) is 0 Å². The quantitative estimate of drug-likeness (QED) is 0.326. The van der Waals surface area contributed by atoms with E-state index in [1.165, 1.54) is 57.8 Å². The third-order valence-corrected chi connectivity index (χ3v) is 2.84. The number of unbranched alkanes of at least 4 members (excludes halogenated alkanes) is 9. The summed E-state index contributed by atoms with van der Waals surface area (Å²) in [5.41, 5.74) is 0. The first-order valence-electron chi connectivity index (χ1n) is 7.93. The fourth-order valence-electron chi connectivity index (χ4n) is 1.83. The van der Waals surface area contributed by atoms with Gasteiger partial charge >= 0.3 is 35.5 Å². The van der Waals surface area contributed by atoms with Gasteiger partial charge in [0.2, 0.25) is 0 Å². The molecule has 0 spiro atoms. The number of carbonyl (C=O) groups is 2. The summed E-state index contributed by atoms with van der Waals surface area (Å²) in [7, 11) is 0. The molecule has 0 aromatic carbocycles. The predicted octanol–water partition coefficient (Wildman–Crippen LogP) is 3.51. The van der Waals surface area contributed by atoms with E-state index in [0.717, 1.165) is 19.6 Å². The van der Waals surface area contributed by atoms with Gasteiger partial charge in [0.15, 0.2) is 0 Å². The topological polar surface area (TPSA) is 87.0 Å². The number of rotatable bonds is 12. The second-order valence-electron chi connectivity index (χ2n) is 5.07. The van der Waals surface area contributed by atoms with Crippen LogP contribution < -0.4 is 0 Å². The fraction of sp³-hybridized carbons (Fsp3) is 0.812.